The zero-order chi connectivity index (χ0) is 28.1. The summed E-state index contributed by atoms with van der Waals surface area (Å²) in [4.78, 5) is 43.2. The molecule has 0 saturated heterocycles. The number of amides is 2. The van der Waals surface area contributed by atoms with E-state index in [4.69, 9.17) is 4.74 Å². The third kappa shape index (κ3) is 6.19. The third-order valence-corrected chi connectivity index (χ3v) is 7.59. The van der Waals surface area contributed by atoms with Gasteiger partial charge in [-0.3, -0.25) is 15.0 Å². The monoisotopic (exact) mass is 556 g/mol. The van der Waals surface area contributed by atoms with Gasteiger partial charge < -0.3 is 15.2 Å². The van der Waals surface area contributed by atoms with Crippen molar-refractivity contribution in [3.63, 3.8) is 0 Å². The lowest BCUT2D eigenvalue weighted by Gasteiger charge is -2.22. The summed E-state index contributed by atoms with van der Waals surface area (Å²) in [6.07, 6.45) is 0.611. The molecule has 0 spiro atoms. The van der Waals surface area contributed by atoms with Gasteiger partial charge in [-0.15, -0.1) is 0 Å². The first-order valence-electron chi connectivity index (χ1n) is 12.7. The van der Waals surface area contributed by atoms with Gasteiger partial charge in [-0.1, -0.05) is 90.2 Å². The largest absolute Gasteiger partial charge is 0.480 e. The number of nitrogens with one attached hydrogen (secondary N) is 2. The van der Waals surface area contributed by atoms with Crippen LogP contribution in [-0.4, -0.2) is 59.2 Å². The molecule has 0 fully saturated rings. The number of carboxylic acids is 1. The van der Waals surface area contributed by atoms with Crippen LogP contribution in [0.1, 0.15) is 32.3 Å². The highest BCUT2D eigenvalue weighted by molar-refractivity contribution is 7.17. The summed E-state index contributed by atoms with van der Waals surface area (Å²) >= 11 is 0.938. The van der Waals surface area contributed by atoms with E-state index in [1.165, 1.54) is 6.20 Å². The van der Waals surface area contributed by atoms with Crippen molar-refractivity contribution in [2.45, 2.75) is 18.5 Å². The van der Waals surface area contributed by atoms with Crippen LogP contribution in [0.25, 0.3) is 11.1 Å². The minimum atomic E-state index is -1.14. The highest BCUT2D eigenvalue weighted by atomic mass is 32.1. The molecule has 1 aliphatic carbocycles. The van der Waals surface area contributed by atoms with Crippen LogP contribution in [-0.2, 0) is 16.1 Å². The standard InChI is InChI=1S/C30H28N4O5S/c1-34(16-19-9-3-2-4-10-19)17-25(28(36)37)32-27(35)26-15-31-29(40-26)33-30(38)39-18-24-22-13-7-5-11-20(22)21-12-6-8-14-23(21)24/h2-15,24-25H,16-18H2,1H3,(H,32,35)(H,36,37)(H,31,33,38). The molecule has 1 aromatic heterocycles. The van der Waals surface area contributed by atoms with Crippen LogP contribution in [0.5, 0.6) is 0 Å². The molecule has 204 valence electrons. The number of anilines is 1. The second kappa shape index (κ2) is 12.1. The van der Waals surface area contributed by atoms with E-state index in [2.05, 4.69) is 27.8 Å². The van der Waals surface area contributed by atoms with E-state index in [0.717, 1.165) is 39.2 Å². The number of ether oxygens (including phenoxy) is 1. The first-order valence-corrected chi connectivity index (χ1v) is 13.5. The molecule has 1 unspecified atom stereocenters. The Kier molecular flexibility index (Phi) is 8.18. The molecule has 9 nitrogen and oxygen atoms in total. The summed E-state index contributed by atoms with van der Waals surface area (Å²) in [5.74, 6) is -1.81. The summed E-state index contributed by atoms with van der Waals surface area (Å²) in [6.45, 7) is 0.796. The van der Waals surface area contributed by atoms with Gasteiger partial charge >= 0.3 is 12.1 Å². The molecule has 0 saturated carbocycles. The number of hydrogen-bond acceptors (Lipinski definition) is 7. The van der Waals surface area contributed by atoms with Gasteiger partial charge in [0.05, 0.1) is 6.20 Å². The lowest BCUT2D eigenvalue weighted by Crippen LogP contribution is -2.47. The Labute approximate surface area is 235 Å². The fraction of sp³-hybridized carbons (Fsp3) is 0.200. The molecule has 4 aromatic rings. The average molecular weight is 557 g/mol. The summed E-state index contributed by atoms with van der Waals surface area (Å²) in [7, 11) is 1.79. The minimum absolute atomic E-state index is 0.0799. The van der Waals surface area contributed by atoms with Crippen LogP contribution >= 0.6 is 11.3 Å². The lowest BCUT2D eigenvalue weighted by atomic mass is 9.98. The van der Waals surface area contributed by atoms with Crippen molar-refractivity contribution in [1.29, 1.82) is 0 Å². The number of carboxylic acid groups (broad SMARTS) is 1. The van der Waals surface area contributed by atoms with Crippen LogP contribution in [0.4, 0.5) is 9.93 Å². The maximum Gasteiger partial charge on any atom is 0.413 e. The number of aromatic nitrogens is 1. The normalized spacial score (nSPS) is 12.8. The van der Waals surface area contributed by atoms with Crippen LogP contribution in [0, 0.1) is 0 Å². The van der Waals surface area contributed by atoms with Gasteiger partial charge in [0.2, 0.25) is 0 Å². The molecule has 0 bridgehead atoms. The Balaban J connectivity index is 1.15. The van der Waals surface area contributed by atoms with Gasteiger partial charge in [-0.2, -0.15) is 0 Å². The Morgan fingerprint density at radius 3 is 2.25 bits per heavy atom. The van der Waals surface area contributed by atoms with Crippen LogP contribution in [0.2, 0.25) is 0 Å². The molecule has 5 rings (SSSR count). The van der Waals surface area contributed by atoms with E-state index in [0.29, 0.717) is 6.54 Å². The molecule has 40 heavy (non-hydrogen) atoms. The van der Waals surface area contributed by atoms with Crippen molar-refractivity contribution in [3.8, 4) is 11.1 Å². The first kappa shape index (κ1) is 27.0. The number of thiazole rings is 1. The highest BCUT2D eigenvalue weighted by Crippen LogP contribution is 2.44. The molecular weight excluding hydrogens is 528 g/mol. The maximum atomic E-state index is 12.8. The SMILES string of the molecule is CN(Cc1ccccc1)CC(NC(=O)c1cnc(NC(=O)OCC2c3ccccc3-c3ccccc32)s1)C(=O)O. The Hall–Kier alpha value is -4.54. The van der Waals surface area contributed by atoms with Gasteiger partial charge in [-0.25, -0.2) is 14.6 Å². The molecule has 0 aliphatic heterocycles. The van der Waals surface area contributed by atoms with E-state index in [-0.39, 0.29) is 29.1 Å². The van der Waals surface area contributed by atoms with Crippen molar-refractivity contribution in [3.05, 3.63) is 107 Å². The molecule has 3 N–H and O–H groups in total. The summed E-state index contributed by atoms with van der Waals surface area (Å²) in [5.41, 5.74) is 5.51. The Morgan fingerprint density at radius 2 is 1.60 bits per heavy atom. The van der Waals surface area contributed by atoms with Crippen molar-refractivity contribution < 1.29 is 24.2 Å². The van der Waals surface area contributed by atoms with Gasteiger partial charge in [0.15, 0.2) is 5.13 Å². The van der Waals surface area contributed by atoms with E-state index in [1.807, 2.05) is 71.6 Å². The van der Waals surface area contributed by atoms with Gasteiger partial charge in [0.1, 0.15) is 17.5 Å². The first-order chi connectivity index (χ1) is 19.4. The predicted octanol–water partition coefficient (Wildman–Crippen LogP) is 4.82. The maximum absolute atomic E-state index is 12.8. The summed E-state index contributed by atoms with van der Waals surface area (Å²) in [5, 5.41) is 14.9. The van der Waals surface area contributed by atoms with Crippen LogP contribution in [0.15, 0.2) is 85.1 Å². The molecule has 3 aromatic carbocycles. The van der Waals surface area contributed by atoms with Crippen LogP contribution in [0.3, 0.4) is 0 Å². The number of rotatable bonds is 10. The van der Waals surface area contributed by atoms with E-state index >= 15 is 0 Å². The van der Waals surface area contributed by atoms with E-state index < -0.39 is 24.0 Å². The number of carbonyl (C=O) groups excluding carboxylic acids is 2. The molecule has 0 radical (unpaired) electrons. The molecule has 2 amide bonds. The van der Waals surface area contributed by atoms with Crippen molar-refractivity contribution in [2.24, 2.45) is 0 Å². The van der Waals surface area contributed by atoms with Crippen molar-refractivity contribution >= 4 is 34.4 Å². The third-order valence-electron chi connectivity index (χ3n) is 6.68. The fourth-order valence-electron chi connectivity index (χ4n) is 4.84. The second-order valence-corrected chi connectivity index (χ2v) is 10.6. The molecule has 1 atom stereocenters. The topological polar surface area (TPSA) is 121 Å². The number of carbonyl (C=O) groups is 3. The number of aliphatic carboxylic acids is 1. The van der Waals surface area contributed by atoms with Crippen molar-refractivity contribution in [1.82, 2.24) is 15.2 Å². The fourth-order valence-corrected chi connectivity index (χ4v) is 5.55. The number of hydrogen-bond donors (Lipinski definition) is 3. The number of likely N-dealkylation sites (N-methyl/N-ethyl adjacent to an activating group) is 1. The lowest BCUT2D eigenvalue weighted by molar-refractivity contribution is -0.139. The van der Waals surface area contributed by atoms with Gasteiger partial charge in [0.25, 0.3) is 5.91 Å². The molecule has 1 aliphatic rings. The second-order valence-electron chi connectivity index (χ2n) is 9.53. The number of nitrogens with zero attached hydrogens (tertiary/aromatic N) is 2. The van der Waals surface area contributed by atoms with Crippen LogP contribution < -0.4 is 10.6 Å². The van der Waals surface area contributed by atoms with E-state index in [1.54, 1.807) is 7.05 Å². The molecular formula is C30H28N4O5S. The average Bonchev–Trinajstić information content (AvgIpc) is 3.54. The zero-order valence-electron chi connectivity index (χ0n) is 21.7. The smallest absolute Gasteiger partial charge is 0.413 e. The van der Waals surface area contributed by atoms with E-state index in [9.17, 15) is 19.5 Å². The zero-order valence-corrected chi connectivity index (χ0v) is 22.6. The number of fused-ring (bicyclic) bond motifs is 3. The van der Waals surface area contributed by atoms with Gasteiger partial charge in [-0.05, 0) is 34.9 Å². The van der Waals surface area contributed by atoms with Crippen molar-refractivity contribution in [2.75, 3.05) is 25.5 Å². The molecule has 10 heteroatoms. The number of benzene rings is 3. The quantitative estimate of drug-likeness (QED) is 0.256. The Morgan fingerprint density at radius 1 is 0.975 bits per heavy atom. The minimum Gasteiger partial charge on any atom is -0.480 e. The summed E-state index contributed by atoms with van der Waals surface area (Å²) < 4.78 is 5.53. The molecule has 1 heterocycles. The van der Waals surface area contributed by atoms with Gasteiger partial charge in [0, 0.05) is 19.0 Å². The Bertz CT molecular complexity index is 1480. The summed E-state index contributed by atoms with van der Waals surface area (Å²) in [6, 6.07) is 24.6. The highest BCUT2D eigenvalue weighted by Gasteiger charge is 2.29. The predicted molar refractivity (Wildman–Crippen MR) is 152 cm³/mol.